The summed E-state index contributed by atoms with van der Waals surface area (Å²) in [6.07, 6.45) is 1.84. The summed E-state index contributed by atoms with van der Waals surface area (Å²) in [6, 6.07) is 1.90. The highest BCUT2D eigenvalue weighted by atomic mass is 79.9. The molecule has 0 saturated heterocycles. The van der Waals surface area contributed by atoms with E-state index in [2.05, 4.69) is 20.9 Å². The number of aliphatic hydroxyl groups is 1. The Balaban J connectivity index is 2.94. The lowest BCUT2D eigenvalue weighted by Crippen LogP contribution is -2.06. The van der Waals surface area contributed by atoms with E-state index in [0.717, 1.165) is 10.0 Å². The minimum atomic E-state index is -0.384. The highest BCUT2D eigenvalue weighted by Crippen LogP contribution is 2.20. The number of halogens is 1. The number of methoxy groups -OCH3 is 1. The highest BCUT2D eigenvalue weighted by Gasteiger charge is 2.07. The zero-order chi connectivity index (χ0) is 9.84. The first-order valence-corrected chi connectivity index (χ1v) is 4.79. The molecule has 4 heteroatoms. The van der Waals surface area contributed by atoms with E-state index in [1.807, 2.05) is 6.07 Å². The number of hydrogen-bond donors (Lipinski definition) is 1. The molecule has 0 amide bonds. The monoisotopic (exact) mass is 245 g/mol. The largest absolute Gasteiger partial charge is 0.481 e. The standard InChI is InChI=1S/C9H12BrNO2/c1-6(12)3-7-4-8(10)5-11-9(7)13-2/h4-6,12H,3H2,1-2H3/t6-/m1/s1. The lowest BCUT2D eigenvalue weighted by Gasteiger charge is -2.08. The van der Waals surface area contributed by atoms with Gasteiger partial charge in [-0.05, 0) is 28.9 Å². The zero-order valence-electron chi connectivity index (χ0n) is 7.62. The minimum absolute atomic E-state index is 0.384. The molecule has 1 aromatic rings. The number of hydrogen-bond acceptors (Lipinski definition) is 3. The summed E-state index contributed by atoms with van der Waals surface area (Å²) in [5.41, 5.74) is 0.909. The smallest absolute Gasteiger partial charge is 0.216 e. The fraction of sp³-hybridized carbons (Fsp3) is 0.444. The lowest BCUT2D eigenvalue weighted by atomic mass is 10.1. The summed E-state index contributed by atoms with van der Waals surface area (Å²) in [5.74, 6) is 0.573. The second-order valence-corrected chi connectivity index (χ2v) is 3.79. The summed E-state index contributed by atoms with van der Waals surface area (Å²) in [6.45, 7) is 1.74. The predicted molar refractivity (Wildman–Crippen MR) is 53.9 cm³/mol. The van der Waals surface area contributed by atoms with E-state index < -0.39 is 0 Å². The van der Waals surface area contributed by atoms with Crippen molar-refractivity contribution in [2.75, 3.05) is 7.11 Å². The van der Waals surface area contributed by atoms with Crippen LogP contribution in [-0.4, -0.2) is 23.3 Å². The van der Waals surface area contributed by atoms with Crippen molar-refractivity contribution in [2.45, 2.75) is 19.4 Å². The van der Waals surface area contributed by atoms with Gasteiger partial charge in [-0.25, -0.2) is 4.98 Å². The highest BCUT2D eigenvalue weighted by molar-refractivity contribution is 9.10. The Labute approximate surface area is 85.9 Å². The van der Waals surface area contributed by atoms with E-state index in [1.54, 1.807) is 20.2 Å². The Hall–Kier alpha value is -0.610. The van der Waals surface area contributed by atoms with Crippen LogP contribution in [0.4, 0.5) is 0 Å². The summed E-state index contributed by atoms with van der Waals surface area (Å²) in [5, 5.41) is 9.22. The van der Waals surface area contributed by atoms with Crippen molar-refractivity contribution < 1.29 is 9.84 Å². The quantitative estimate of drug-likeness (QED) is 0.883. The summed E-state index contributed by atoms with van der Waals surface area (Å²) < 4.78 is 5.95. The molecule has 0 fully saturated rings. The summed E-state index contributed by atoms with van der Waals surface area (Å²) in [7, 11) is 1.57. The lowest BCUT2D eigenvalue weighted by molar-refractivity contribution is 0.194. The van der Waals surface area contributed by atoms with Gasteiger partial charge in [-0.3, -0.25) is 0 Å². The van der Waals surface area contributed by atoms with E-state index in [0.29, 0.717) is 12.3 Å². The molecular weight excluding hydrogens is 234 g/mol. The summed E-state index contributed by atoms with van der Waals surface area (Å²) in [4.78, 5) is 4.07. The van der Waals surface area contributed by atoms with Crippen molar-refractivity contribution in [1.29, 1.82) is 0 Å². The molecule has 0 radical (unpaired) electrons. The van der Waals surface area contributed by atoms with Gasteiger partial charge in [0.25, 0.3) is 0 Å². The van der Waals surface area contributed by atoms with Gasteiger partial charge in [0.2, 0.25) is 5.88 Å². The fourth-order valence-corrected chi connectivity index (χ4v) is 1.50. The SMILES string of the molecule is COc1ncc(Br)cc1C[C@@H](C)O. The topological polar surface area (TPSA) is 42.4 Å². The van der Waals surface area contributed by atoms with E-state index in [4.69, 9.17) is 4.74 Å². The maximum atomic E-state index is 9.22. The maximum absolute atomic E-state index is 9.22. The predicted octanol–water partition coefficient (Wildman–Crippen LogP) is 1.78. The zero-order valence-corrected chi connectivity index (χ0v) is 9.21. The van der Waals surface area contributed by atoms with E-state index in [1.165, 1.54) is 0 Å². The van der Waals surface area contributed by atoms with Gasteiger partial charge >= 0.3 is 0 Å². The molecule has 3 nitrogen and oxygen atoms in total. The van der Waals surface area contributed by atoms with Crippen molar-refractivity contribution in [3.63, 3.8) is 0 Å². The van der Waals surface area contributed by atoms with Crippen LogP contribution in [0.15, 0.2) is 16.7 Å². The molecule has 0 aromatic carbocycles. The third kappa shape index (κ3) is 2.97. The molecule has 1 atom stereocenters. The Morgan fingerprint density at radius 3 is 2.92 bits per heavy atom. The Morgan fingerprint density at radius 2 is 2.38 bits per heavy atom. The van der Waals surface area contributed by atoms with Crippen LogP contribution in [0.2, 0.25) is 0 Å². The van der Waals surface area contributed by atoms with Gasteiger partial charge in [0.15, 0.2) is 0 Å². The van der Waals surface area contributed by atoms with Gasteiger partial charge in [-0.15, -0.1) is 0 Å². The molecule has 0 spiro atoms. The molecule has 13 heavy (non-hydrogen) atoms. The van der Waals surface area contributed by atoms with Crippen LogP contribution < -0.4 is 4.74 Å². The Morgan fingerprint density at radius 1 is 1.69 bits per heavy atom. The van der Waals surface area contributed by atoms with Crippen LogP contribution in [0.3, 0.4) is 0 Å². The van der Waals surface area contributed by atoms with Gasteiger partial charge in [0.1, 0.15) is 0 Å². The molecule has 0 aliphatic rings. The van der Waals surface area contributed by atoms with Crippen LogP contribution in [0, 0.1) is 0 Å². The van der Waals surface area contributed by atoms with Crippen LogP contribution in [-0.2, 0) is 6.42 Å². The third-order valence-electron chi connectivity index (χ3n) is 1.60. The molecule has 0 aliphatic carbocycles. The molecule has 0 bridgehead atoms. The average molecular weight is 246 g/mol. The van der Waals surface area contributed by atoms with Crippen LogP contribution in [0.5, 0.6) is 5.88 Å². The van der Waals surface area contributed by atoms with Crippen LogP contribution >= 0.6 is 15.9 Å². The minimum Gasteiger partial charge on any atom is -0.481 e. The fourth-order valence-electron chi connectivity index (χ4n) is 1.12. The first-order chi connectivity index (χ1) is 6.13. The molecule has 0 unspecified atom stereocenters. The number of pyridine rings is 1. The molecular formula is C9H12BrNO2. The van der Waals surface area contributed by atoms with Gasteiger partial charge in [-0.2, -0.15) is 0 Å². The molecule has 1 N–H and O–H groups in total. The molecule has 0 saturated carbocycles. The maximum Gasteiger partial charge on any atom is 0.216 e. The van der Waals surface area contributed by atoms with Crippen LogP contribution in [0.25, 0.3) is 0 Å². The Kier molecular flexibility index (Phi) is 3.69. The first-order valence-electron chi connectivity index (χ1n) is 4.00. The molecule has 1 aromatic heterocycles. The van der Waals surface area contributed by atoms with Gasteiger partial charge in [-0.1, -0.05) is 0 Å². The molecule has 1 heterocycles. The number of aromatic nitrogens is 1. The van der Waals surface area contributed by atoms with Crippen molar-refractivity contribution in [3.8, 4) is 5.88 Å². The number of ether oxygens (including phenoxy) is 1. The van der Waals surface area contributed by atoms with Crippen molar-refractivity contribution in [2.24, 2.45) is 0 Å². The summed E-state index contributed by atoms with van der Waals surface area (Å²) >= 11 is 3.32. The third-order valence-corrected chi connectivity index (χ3v) is 2.03. The van der Waals surface area contributed by atoms with Gasteiger partial charge < -0.3 is 9.84 Å². The molecule has 72 valence electrons. The number of nitrogens with zero attached hydrogens (tertiary/aromatic N) is 1. The van der Waals surface area contributed by atoms with E-state index >= 15 is 0 Å². The van der Waals surface area contributed by atoms with E-state index in [9.17, 15) is 5.11 Å². The second kappa shape index (κ2) is 4.58. The normalized spacial score (nSPS) is 12.6. The number of rotatable bonds is 3. The van der Waals surface area contributed by atoms with Crippen molar-refractivity contribution in [3.05, 3.63) is 22.3 Å². The first kappa shape index (κ1) is 10.5. The Bertz CT molecular complexity index is 289. The van der Waals surface area contributed by atoms with Gasteiger partial charge in [0.05, 0.1) is 13.2 Å². The molecule has 1 rings (SSSR count). The number of aliphatic hydroxyl groups excluding tert-OH is 1. The van der Waals surface area contributed by atoms with Crippen molar-refractivity contribution in [1.82, 2.24) is 4.98 Å². The van der Waals surface area contributed by atoms with Gasteiger partial charge in [0, 0.05) is 22.7 Å². The van der Waals surface area contributed by atoms with Crippen LogP contribution in [0.1, 0.15) is 12.5 Å². The average Bonchev–Trinajstić information content (AvgIpc) is 2.03. The van der Waals surface area contributed by atoms with E-state index in [-0.39, 0.29) is 6.10 Å². The molecule has 0 aliphatic heterocycles. The van der Waals surface area contributed by atoms with Crippen molar-refractivity contribution >= 4 is 15.9 Å². The second-order valence-electron chi connectivity index (χ2n) is 2.88.